The lowest BCUT2D eigenvalue weighted by molar-refractivity contribution is 0.0891. The third-order valence-corrected chi connectivity index (χ3v) is 6.66. The van der Waals surface area contributed by atoms with Crippen molar-refractivity contribution in [3.05, 3.63) is 29.8 Å². The van der Waals surface area contributed by atoms with Gasteiger partial charge in [-0.15, -0.1) is 0 Å². The smallest absolute Gasteiger partial charge is 0.251 e. The molecule has 3 unspecified atom stereocenters. The van der Waals surface area contributed by atoms with E-state index in [0.29, 0.717) is 17.4 Å². The number of nitrogens with one attached hydrogen (secondary N) is 2. The van der Waals surface area contributed by atoms with Gasteiger partial charge in [0.15, 0.2) is 0 Å². The number of rotatable bonds is 4. The van der Waals surface area contributed by atoms with Crippen molar-refractivity contribution in [3.63, 3.8) is 0 Å². The van der Waals surface area contributed by atoms with Gasteiger partial charge >= 0.3 is 0 Å². The van der Waals surface area contributed by atoms with Crippen molar-refractivity contribution < 1.29 is 13.2 Å². The second kappa shape index (κ2) is 7.46. The number of carbonyl (C=O) groups excluding carboxylic acids is 1. The van der Waals surface area contributed by atoms with Gasteiger partial charge in [-0.3, -0.25) is 4.79 Å². The van der Waals surface area contributed by atoms with Gasteiger partial charge in [0.25, 0.3) is 5.91 Å². The van der Waals surface area contributed by atoms with E-state index in [0.717, 1.165) is 12.8 Å². The van der Waals surface area contributed by atoms with Gasteiger partial charge < -0.3 is 5.32 Å². The van der Waals surface area contributed by atoms with Gasteiger partial charge in [0.2, 0.25) is 10.0 Å². The SMILES string of the molecule is CC1CCCC(NC(=O)c2ccc(S(=O)(=O)NC(C)(C)C)cc2)C1C. The van der Waals surface area contributed by atoms with Crippen LogP contribution >= 0.6 is 0 Å². The molecule has 2 rings (SSSR count). The van der Waals surface area contributed by atoms with E-state index in [1.807, 2.05) is 0 Å². The van der Waals surface area contributed by atoms with Crippen molar-refractivity contribution in [1.29, 1.82) is 0 Å². The molecule has 25 heavy (non-hydrogen) atoms. The zero-order valence-electron chi connectivity index (χ0n) is 15.8. The van der Waals surface area contributed by atoms with Crippen LogP contribution in [0.15, 0.2) is 29.2 Å². The van der Waals surface area contributed by atoms with E-state index in [-0.39, 0.29) is 16.8 Å². The Morgan fingerprint density at radius 3 is 2.24 bits per heavy atom. The first kappa shape index (κ1) is 19.9. The van der Waals surface area contributed by atoms with Crippen molar-refractivity contribution >= 4 is 15.9 Å². The highest BCUT2D eigenvalue weighted by molar-refractivity contribution is 7.89. The maximum Gasteiger partial charge on any atom is 0.251 e. The fourth-order valence-electron chi connectivity index (χ4n) is 3.28. The van der Waals surface area contributed by atoms with E-state index in [2.05, 4.69) is 23.9 Å². The largest absolute Gasteiger partial charge is 0.349 e. The van der Waals surface area contributed by atoms with Crippen molar-refractivity contribution in [2.45, 2.75) is 70.4 Å². The molecule has 2 N–H and O–H groups in total. The Balaban J connectivity index is 2.08. The minimum Gasteiger partial charge on any atom is -0.349 e. The second-order valence-electron chi connectivity index (χ2n) is 8.23. The van der Waals surface area contributed by atoms with E-state index >= 15 is 0 Å². The van der Waals surface area contributed by atoms with Gasteiger partial charge in [0, 0.05) is 17.1 Å². The number of hydrogen-bond acceptors (Lipinski definition) is 3. The molecule has 0 radical (unpaired) electrons. The lowest BCUT2D eigenvalue weighted by Crippen LogP contribution is -2.43. The normalized spacial score (nSPS) is 24.8. The highest BCUT2D eigenvalue weighted by Gasteiger charge is 2.28. The minimum absolute atomic E-state index is 0.140. The van der Waals surface area contributed by atoms with Crippen LogP contribution in [0.5, 0.6) is 0 Å². The van der Waals surface area contributed by atoms with E-state index in [1.54, 1.807) is 32.9 Å². The molecule has 0 heterocycles. The first-order valence-corrected chi connectivity index (χ1v) is 10.4. The molecule has 0 spiro atoms. The first-order valence-electron chi connectivity index (χ1n) is 8.94. The molecule has 6 heteroatoms. The van der Waals surface area contributed by atoms with E-state index in [1.165, 1.54) is 18.6 Å². The summed E-state index contributed by atoms with van der Waals surface area (Å²) in [5.74, 6) is 0.919. The van der Waals surface area contributed by atoms with Crippen LogP contribution in [0, 0.1) is 11.8 Å². The number of carbonyl (C=O) groups is 1. The summed E-state index contributed by atoms with van der Waals surface area (Å²) >= 11 is 0. The predicted octanol–water partition coefficient (Wildman–Crippen LogP) is 3.32. The fraction of sp³-hybridized carbons (Fsp3) is 0.632. The van der Waals surface area contributed by atoms with Crippen molar-refractivity contribution in [2.24, 2.45) is 11.8 Å². The summed E-state index contributed by atoms with van der Waals surface area (Å²) < 4.78 is 27.2. The van der Waals surface area contributed by atoms with Crippen molar-refractivity contribution in [2.75, 3.05) is 0 Å². The maximum absolute atomic E-state index is 12.5. The summed E-state index contributed by atoms with van der Waals surface area (Å²) in [7, 11) is -3.59. The van der Waals surface area contributed by atoms with E-state index < -0.39 is 15.6 Å². The van der Waals surface area contributed by atoms with E-state index in [4.69, 9.17) is 0 Å². The van der Waals surface area contributed by atoms with Gasteiger partial charge in [0.1, 0.15) is 0 Å². The molecular formula is C19H30N2O3S. The molecule has 140 valence electrons. The number of amides is 1. The molecule has 0 aliphatic heterocycles. The third-order valence-electron chi connectivity index (χ3n) is 4.89. The van der Waals surface area contributed by atoms with Crippen LogP contribution in [0.3, 0.4) is 0 Å². The van der Waals surface area contributed by atoms with E-state index in [9.17, 15) is 13.2 Å². The Labute approximate surface area is 151 Å². The quantitative estimate of drug-likeness (QED) is 0.858. The standard InChI is InChI=1S/C19H30N2O3S/c1-13-7-6-8-17(14(13)2)20-18(22)15-9-11-16(12-10-15)25(23,24)21-19(3,4)5/h9-14,17,21H,6-8H2,1-5H3,(H,20,22). The lowest BCUT2D eigenvalue weighted by atomic mass is 9.78. The zero-order valence-corrected chi connectivity index (χ0v) is 16.6. The van der Waals surface area contributed by atoms with Crippen LogP contribution in [-0.2, 0) is 10.0 Å². The Bertz CT molecular complexity index is 705. The highest BCUT2D eigenvalue weighted by atomic mass is 32.2. The first-order chi connectivity index (χ1) is 11.5. The number of sulfonamides is 1. The lowest BCUT2D eigenvalue weighted by Gasteiger charge is -2.34. The summed E-state index contributed by atoms with van der Waals surface area (Å²) in [5, 5.41) is 3.11. The average Bonchev–Trinajstić information content (AvgIpc) is 2.49. The molecule has 1 aromatic carbocycles. The molecule has 5 nitrogen and oxygen atoms in total. The Morgan fingerprint density at radius 2 is 1.68 bits per heavy atom. The summed E-state index contributed by atoms with van der Waals surface area (Å²) in [6.07, 6.45) is 3.34. The molecule has 1 saturated carbocycles. The van der Waals surface area contributed by atoms with Gasteiger partial charge in [-0.25, -0.2) is 13.1 Å². The minimum atomic E-state index is -3.59. The molecule has 1 fully saturated rings. The zero-order chi connectivity index (χ0) is 18.8. The van der Waals surface area contributed by atoms with Crippen molar-refractivity contribution in [3.8, 4) is 0 Å². The third kappa shape index (κ3) is 5.28. The van der Waals surface area contributed by atoms with Crippen molar-refractivity contribution in [1.82, 2.24) is 10.0 Å². The van der Waals surface area contributed by atoms with Crippen LogP contribution in [0.1, 0.15) is 64.2 Å². The molecule has 1 aliphatic rings. The average molecular weight is 367 g/mol. The molecule has 0 saturated heterocycles. The molecule has 1 aliphatic carbocycles. The summed E-state index contributed by atoms with van der Waals surface area (Å²) in [4.78, 5) is 12.6. The van der Waals surface area contributed by atoms with Gasteiger partial charge in [-0.1, -0.05) is 26.7 Å². The Kier molecular flexibility index (Phi) is 5.94. The highest BCUT2D eigenvalue weighted by Crippen LogP contribution is 2.29. The number of benzene rings is 1. The monoisotopic (exact) mass is 366 g/mol. The summed E-state index contributed by atoms with van der Waals surface area (Å²) in [6, 6.07) is 6.29. The maximum atomic E-state index is 12.5. The molecule has 1 aromatic rings. The van der Waals surface area contributed by atoms with Gasteiger partial charge in [-0.05, 0) is 63.3 Å². The van der Waals surface area contributed by atoms with Crippen LogP contribution in [0.25, 0.3) is 0 Å². The molecule has 0 bridgehead atoms. The molecule has 3 atom stereocenters. The topological polar surface area (TPSA) is 75.3 Å². The van der Waals surface area contributed by atoms with Gasteiger partial charge in [0.05, 0.1) is 4.90 Å². The van der Waals surface area contributed by atoms with Crippen LogP contribution < -0.4 is 10.0 Å². The number of hydrogen-bond donors (Lipinski definition) is 2. The Morgan fingerprint density at radius 1 is 1.08 bits per heavy atom. The predicted molar refractivity (Wildman–Crippen MR) is 99.9 cm³/mol. The second-order valence-corrected chi connectivity index (χ2v) is 9.91. The molecular weight excluding hydrogens is 336 g/mol. The summed E-state index contributed by atoms with van der Waals surface area (Å²) in [6.45, 7) is 9.78. The Hall–Kier alpha value is -1.40. The fourth-order valence-corrected chi connectivity index (χ4v) is 4.70. The summed E-state index contributed by atoms with van der Waals surface area (Å²) in [5.41, 5.74) is -0.0666. The molecule has 1 amide bonds. The van der Waals surface area contributed by atoms with Crippen LogP contribution in [0.2, 0.25) is 0 Å². The molecule has 0 aromatic heterocycles. The van der Waals surface area contributed by atoms with Gasteiger partial charge in [-0.2, -0.15) is 0 Å². The van der Waals surface area contributed by atoms with Crippen LogP contribution in [-0.4, -0.2) is 25.9 Å². The van der Waals surface area contributed by atoms with Crippen LogP contribution in [0.4, 0.5) is 0 Å².